The fraction of sp³-hybridized carbons (Fsp3) is 0.873. The molecular formula is C63H115N7O11. The van der Waals surface area contributed by atoms with Crippen molar-refractivity contribution in [1.82, 2.24) is 36.8 Å². The first-order valence-corrected chi connectivity index (χ1v) is 32.2. The van der Waals surface area contributed by atoms with Crippen molar-refractivity contribution in [3.8, 4) is 0 Å². The van der Waals surface area contributed by atoms with Gasteiger partial charge in [0.25, 0.3) is 0 Å². The lowest BCUT2D eigenvalue weighted by molar-refractivity contribution is -0.158. The lowest BCUT2D eigenvalue weighted by Gasteiger charge is -2.32. The van der Waals surface area contributed by atoms with Crippen LogP contribution in [0.1, 0.15) is 262 Å². The van der Waals surface area contributed by atoms with E-state index < -0.39 is 126 Å². The largest absolute Gasteiger partial charge is 0.460 e. The monoisotopic (exact) mass is 1150 g/mol. The molecule has 7 N–H and O–H groups in total. The summed E-state index contributed by atoms with van der Waals surface area (Å²) in [7, 11) is 1.38. The van der Waals surface area contributed by atoms with Crippen LogP contribution in [0.15, 0.2) is 0 Å². The van der Waals surface area contributed by atoms with Crippen LogP contribution in [0.3, 0.4) is 0 Å². The SMILES string of the molecule is CCCCCCCCCCCCCCCCCCCCCCCCCCC[C@@H]1CC(=O)N[C@H]([C@H](C)O)C(=O)N[C@@H](C(C)C)C(=O)N[C@@H](C)C(=O)N2CCC[C@@H]2C(=O)N[C@H]([C@@H](C)CC)C(=O)N[C@@H](C(C)C)C(=O)N[C@@H]([C@@H](C)OC)C(=O)O1. The normalized spacial score (nSPS) is 24.7. The van der Waals surface area contributed by atoms with Crippen molar-refractivity contribution in [2.75, 3.05) is 13.7 Å². The summed E-state index contributed by atoms with van der Waals surface area (Å²) >= 11 is 0. The molecule has 11 atom stereocenters. The highest BCUT2D eigenvalue weighted by Gasteiger charge is 2.41. The van der Waals surface area contributed by atoms with Crippen molar-refractivity contribution < 1.29 is 52.9 Å². The maximum Gasteiger partial charge on any atom is 0.331 e. The fourth-order valence-corrected chi connectivity index (χ4v) is 11.0. The summed E-state index contributed by atoms with van der Waals surface area (Å²) in [6, 6.07) is -8.44. The third-order valence-electron chi connectivity index (χ3n) is 16.7. The third kappa shape index (κ3) is 28.2. The van der Waals surface area contributed by atoms with Crippen molar-refractivity contribution in [2.45, 2.75) is 322 Å². The summed E-state index contributed by atoms with van der Waals surface area (Å²) in [6.07, 6.45) is 29.4. The zero-order valence-electron chi connectivity index (χ0n) is 52.4. The number of carbonyl (C=O) groups excluding carboxylic acids is 8. The molecule has 81 heavy (non-hydrogen) atoms. The predicted molar refractivity (Wildman–Crippen MR) is 319 cm³/mol. The first-order chi connectivity index (χ1) is 38.7. The number of methoxy groups -OCH3 is 1. The Morgan fingerprint density at radius 2 is 0.914 bits per heavy atom. The van der Waals surface area contributed by atoms with Crippen molar-refractivity contribution >= 4 is 47.3 Å². The molecule has 2 fully saturated rings. The minimum absolute atomic E-state index is 0.219. The number of nitrogens with zero attached hydrogens (tertiary/aromatic N) is 1. The molecule has 2 rings (SSSR count). The van der Waals surface area contributed by atoms with Gasteiger partial charge in [0.05, 0.1) is 18.6 Å². The number of hydrogen-bond donors (Lipinski definition) is 7. The lowest BCUT2D eigenvalue weighted by Crippen LogP contribution is -2.61. The van der Waals surface area contributed by atoms with E-state index in [0.717, 1.165) is 25.7 Å². The average molecular weight is 1150 g/mol. The highest BCUT2D eigenvalue weighted by Crippen LogP contribution is 2.22. The summed E-state index contributed by atoms with van der Waals surface area (Å²) in [5, 5.41) is 27.2. The Hall–Kier alpha value is -4.32. The zero-order valence-corrected chi connectivity index (χ0v) is 52.4. The van der Waals surface area contributed by atoms with Gasteiger partial charge in [-0.15, -0.1) is 0 Å². The molecule has 2 aliphatic heterocycles. The molecule has 468 valence electrons. The van der Waals surface area contributed by atoms with Crippen LogP contribution in [0.2, 0.25) is 0 Å². The molecule has 18 nitrogen and oxygen atoms in total. The van der Waals surface area contributed by atoms with Gasteiger partial charge in [0.1, 0.15) is 42.4 Å². The van der Waals surface area contributed by atoms with E-state index in [2.05, 4.69) is 38.8 Å². The van der Waals surface area contributed by atoms with E-state index in [1.807, 2.05) is 6.92 Å². The van der Waals surface area contributed by atoms with Crippen LogP contribution in [-0.2, 0) is 47.8 Å². The predicted octanol–water partition coefficient (Wildman–Crippen LogP) is 9.16. The Kier molecular flexibility index (Phi) is 37.4. The summed E-state index contributed by atoms with van der Waals surface area (Å²) < 4.78 is 11.6. The number of aliphatic hydroxyl groups is 1. The Morgan fingerprint density at radius 1 is 0.519 bits per heavy atom. The number of esters is 1. The number of rotatable bonds is 33. The summed E-state index contributed by atoms with van der Waals surface area (Å²) in [5.41, 5.74) is 0. The topological polar surface area (TPSA) is 251 Å². The van der Waals surface area contributed by atoms with Crippen molar-refractivity contribution in [3.63, 3.8) is 0 Å². The van der Waals surface area contributed by atoms with E-state index in [-0.39, 0.29) is 19.4 Å². The highest BCUT2D eigenvalue weighted by atomic mass is 16.5. The molecule has 2 saturated heterocycles. The first-order valence-electron chi connectivity index (χ1n) is 32.2. The number of amides is 7. The minimum Gasteiger partial charge on any atom is -0.460 e. The third-order valence-corrected chi connectivity index (χ3v) is 16.7. The number of nitrogens with one attached hydrogen (secondary N) is 6. The van der Waals surface area contributed by atoms with Crippen molar-refractivity contribution in [3.05, 3.63) is 0 Å². The van der Waals surface area contributed by atoms with Gasteiger partial charge in [-0.25, -0.2) is 4.79 Å². The molecule has 2 heterocycles. The fourth-order valence-electron chi connectivity index (χ4n) is 11.0. The van der Waals surface area contributed by atoms with Crippen molar-refractivity contribution in [2.24, 2.45) is 17.8 Å². The molecule has 2 aliphatic rings. The molecular weight excluding hydrogens is 1030 g/mol. The van der Waals surface area contributed by atoms with Crippen LogP contribution >= 0.6 is 0 Å². The Morgan fingerprint density at radius 3 is 1.33 bits per heavy atom. The second kappa shape index (κ2) is 41.6. The number of hydrogen-bond acceptors (Lipinski definition) is 11. The summed E-state index contributed by atoms with van der Waals surface area (Å²) in [4.78, 5) is 114. The molecule has 18 heteroatoms. The number of fused-ring (bicyclic) bond motifs is 1. The molecule has 0 aliphatic carbocycles. The maximum absolute atomic E-state index is 14.3. The van der Waals surface area contributed by atoms with Crippen LogP contribution < -0.4 is 31.9 Å². The second-order valence-electron chi connectivity index (χ2n) is 24.5. The molecule has 0 spiro atoms. The second-order valence-corrected chi connectivity index (χ2v) is 24.5. The van der Waals surface area contributed by atoms with Crippen LogP contribution in [0.25, 0.3) is 0 Å². The molecule has 0 saturated carbocycles. The van der Waals surface area contributed by atoms with E-state index in [9.17, 15) is 43.5 Å². The Balaban J connectivity index is 2.16. The lowest BCUT2D eigenvalue weighted by atomic mass is 9.96. The van der Waals surface area contributed by atoms with Gasteiger partial charge in [-0.05, 0) is 64.2 Å². The van der Waals surface area contributed by atoms with Crippen LogP contribution in [0.5, 0.6) is 0 Å². The average Bonchev–Trinajstić information content (AvgIpc) is 3.95. The van der Waals surface area contributed by atoms with Gasteiger partial charge in [-0.1, -0.05) is 209 Å². The number of carbonyl (C=O) groups is 8. The van der Waals surface area contributed by atoms with Gasteiger partial charge in [0, 0.05) is 13.7 Å². The summed E-state index contributed by atoms with van der Waals surface area (Å²) in [6.45, 7) is 17.4. The van der Waals surface area contributed by atoms with Gasteiger partial charge in [-0.3, -0.25) is 33.6 Å². The van der Waals surface area contributed by atoms with E-state index >= 15 is 0 Å². The van der Waals surface area contributed by atoms with E-state index in [1.54, 1.807) is 41.5 Å². The van der Waals surface area contributed by atoms with Gasteiger partial charge < -0.3 is 51.4 Å². The molecule has 0 aromatic heterocycles. The number of cyclic esters (lactones) is 1. The van der Waals surface area contributed by atoms with Crippen molar-refractivity contribution in [1.29, 1.82) is 0 Å². The van der Waals surface area contributed by atoms with Crippen LogP contribution in [-0.4, -0.2) is 132 Å². The minimum atomic E-state index is -1.52. The Bertz CT molecular complexity index is 1850. The number of unbranched alkanes of at least 4 members (excludes halogenated alkanes) is 24. The van der Waals surface area contributed by atoms with Gasteiger partial charge in [0.2, 0.25) is 41.4 Å². The highest BCUT2D eigenvalue weighted by molar-refractivity contribution is 5.98. The Labute approximate surface area is 489 Å². The first kappa shape index (κ1) is 72.8. The molecule has 0 radical (unpaired) electrons. The standard InChI is InChI=1S/C63H115N7O11/c1-12-14-15-16-17-18-19-20-21-22-23-24-25-26-27-28-29-30-31-32-33-34-35-36-37-39-49-42-51(72)65-55(47(9)71)61(77)67-52(43(3)4)58(74)64-46(8)62(78)70-41-38-40-50(70)57(73)68-54(45(7)13-2)60(76)66-53(44(5)6)59(75)69-56(48(10)80-11)63(79)81-49/h43-50,52-56,71H,12-42H2,1-11H3,(H,64,74)(H,65,72)(H,66,76)(H,67,77)(H,68,73)(H,69,75)/t45-,46-,47-,48+,49+,50+,52-,53-,54+,55+,56-/m0/s1. The zero-order chi connectivity index (χ0) is 60.3. The molecule has 0 aromatic rings. The van der Waals surface area contributed by atoms with Crippen LogP contribution in [0, 0.1) is 17.8 Å². The van der Waals surface area contributed by atoms with Gasteiger partial charge >= 0.3 is 5.97 Å². The summed E-state index contributed by atoms with van der Waals surface area (Å²) in [5.74, 6) is -6.94. The smallest absolute Gasteiger partial charge is 0.331 e. The van der Waals surface area contributed by atoms with Gasteiger partial charge in [-0.2, -0.15) is 0 Å². The molecule has 0 unspecified atom stereocenters. The van der Waals surface area contributed by atoms with Gasteiger partial charge in [0.15, 0.2) is 6.04 Å². The molecule has 7 amide bonds. The van der Waals surface area contributed by atoms with E-state index in [1.165, 1.54) is 154 Å². The van der Waals surface area contributed by atoms with E-state index in [0.29, 0.717) is 25.7 Å². The van der Waals surface area contributed by atoms with Crippen LogP contribution in [0.4, 0.5) is 0 Å². The van der Waals surface area contributed by atoms with E-state index in [4.69, 9.17) is 9.47 Å². The quantitative estimate of drug-likeness (QED) is 0.0241. The molecule has 0 bridgehead atoms. The maximum atomic E-state index is 14.3. The number of ether oxygens (including phenoxy) is 2. The molecule has 0 aromatic carbocycles. The number of aliphatic hydroxyl groups excluding tert-OH is 1.